The maximum atomic E-state index is 13.1. The van der Waals surface area contributed by atoms with Crippen LogP contribution in [0.25, 0.3) is 0 Å². The zero-order valence-corrected chi connectivity index (χ0v) is 19.9. The number of hydrogen-bond donors (Lipinski definition) is 3. The molecule has 3 N–H and O–H groups in total. The minimum absolute atomic E-state index is 0.261. The van der Waals surface area contributed by atoms with Gasteiger partial charge in [0.05, 0.1) is 4.92 Å². The molecule has 0 aliphatic heterocycles. The van der Waals surface area contributed by atoms with Gasteiger partial charge in [-0.1, -0.05) is 22.6 Å². The molecule has 0 radical (unpaired) electrons. The van der Waals surface area contributed by atoms with E-state index < -0.39 is 40.5 Å². The van der Waals surface area contributed by atoms with Gasteiger partial charge in [0.2, 0.25) is 5.91 Å². The lowest BCUT2D eigenvalue weighted by Gasteiger charge is -2.23. The third-order valence-corrected chi connectivity index (χ3v) is 3.94. The summed E-state index contributed by atoms with van der Waals surface area (Å²) in [4.78, 5) is 34.9. The van der Waals surface area contributed by atoms with Gasteiger partial charge in [0.1, 0.15) is 17.9 Å². The number of alkyl halides is 4. The lowest BCUT2D eigenvalue weighted by molar-refractivity contribution is -0.388. The van der Waals surface area contributed by atoms with Gasteiger partial charge < -0.3 is 20.5 Å². The molecule has 0 saturated heterocycles. The minimum Gasteiger partial charge on any atom is -0.490 e. The number of anilines is 2. The van der Waals surface area contributed by atoms with E-state index in [1.807, 2.05) is 4.93 Å². The normalized spacial score (nSPS) is 12.5. The van der Waals surface area contributed by atoms with Gasteiger partial charge in [0.15, 0.2) is 5.60 Å². The molecule has 0 heterocycles. The molecule has 33 heavy (non-hydrogen) atoms. The van der Waals surface area contributed by atoms with E-state index in [0.29, 0.717) is 17.8 Å². The van der Waals surface area contributed by atoms with E-state index in [2.05, 4.69) is 33.2 Å². The Morgan fingerprint density at radius 2 is 1.64 bits per heavy atom. The van der Waals surface area contributed by atoms with Crippen molar-refractivity contribution in [3.63, 3.8) is 0 Å². The van der Waals surface area contributed by atoms with Crippen LogP contribution in [0.2, 0.25) is 0 Å². The lowest BCUT2D eigenvalue weighted by atomic mass is 10.1. The molecule has 180 valence electrons. The Morgan fingerprint density at radius 3 is 2.12 bits per heavy atom. The van der Waals surface area contributed by atoms with Gasteiger partial charge in [-0.2, -0.15) is 13.2 Å². The second kappa shape index (κ2) is 11.8. The summed E-state index contributed by atoms with van der Waals surface area (Å²) in [5.41, 5.74) is -4.73. The maximum absolute atomic E-state index is 13.1. The number of amides is 2. The van der Waals surface area contributed by atoms with Gasteiger partial charge in [-0.05, 0) is 48.3 Å². The summed E-state index contributed by atoms with van der Waals surface area (Å²) in [7, 11) is 0. The average Bonchev–Trinajstić information content (AvgIpc) is 2.73. The van der Waals surface area contributed by atoms with Crippen LogP contribution >= 0.6 is 22.6 Å². The number of aliphatic hydroxyl groups is 1. The fraction of sp³-hybridized carbons (Fsp3) is 0.300. The van der Waals surface area contributed by atoms with E-state index in [-0.39, 0.29) is 17.3 Å². The molecule has 0 saturated carbocycles. The van der Waals surface area contributed by atoms with Crippen LogP contribution in [-0.2, 0) is 15.8 Å². The van der Waals surface area contributed by atoms with E-state index in [0.717, 1.165) is 13.0 Å². The zero-order chi connectivity index (χ0) is 25.4. The van der Waals surface area contributed by atoms with Crippen LogP contribution < -0.4 is 15.4 Å². The predicted molar refractivity (Wildman–Crippen MR) is 124 cm³/mol. The van der Waals surface area contributed by atoms with Crippen molar-refractivity contribution in [2.75, 3.05) is 22.2 Å². The predicted octanol–water partition coefficient (Wildman–Crippen LogP) is 4.39. The smallest absolute Gasteiger partial charge is 0.423 e. The number of carbonyl (C=O) groups excluding carboxylic acids is 2. The highest BCUT2D eigenvalue weighted by atomic mass is 123. The van der Waals surface area contributed by atoms with Crippen LogP contribution in [0.3, 0.4) is 0 Å². The summed E-state index contributed by atoms with van der Waals surface area (Å²) < 4.78 is 44.5. The van der Waals surface area contributed by atoms with Crippen LogP contribution in [0.4, 0.5) is 30.2 Å². The number of nitrogens with one attached hydrogen (secondary N) is 2. The molecule has 2 amide bonds. The first-order valence-electron chi connectivity index (χ1n) is 9.07. The molecule has 0 fully saturated rings. The molecule has 0 bridgehead atoms. The first-order valence-corrected chi connectivity index (χ1v) is 11.2. The van der Waals surface area contributed by atoms with Gasteiger partial charge in [-0.3, -0.25) is 19.7 Å². The molecule has 0 aliphatic rings. The quantitative estimate of drug-likeness (QED) is 0.193. The lowest BCUT2D eigenvalue weighted by Crippen LogP contribution is -2.45. The highest BCUT2D eigenvalue weighted by Gasteiger charge is 2.39. The monoisotopic (exact) mass is 579 g/mol. The number of nitrogens with zero attached hydrogens (tertiary/aromatic N) is 1. The molecule has 2 aromatic rings. The van der Waals surface area contributed by atoms with E-state index in [1.54, 1.807) is 0 Å². The number of carbonyl (C=O) groups is 2. The highest BCUT2D eigenvalue weighted by molar-refractivity contribution is 14.1. The van der Waals surface area contributed by atoms with Crippen molar-refractivity contribution in [1.82, 2.24) is 0 Å². The first-order chi connectivity index (χ1) is 15.3. The molecule has 0 spiro atoms. The molecule has 2 aromatic carbocycles. The zero-order valence-electron chi connectivity index (χ0n) is 17.7. The van der Waals surface area contributed by atoms with Gasteiger partial charge >= 0.3 is 6.18 Å². The number of ether oxygens (including phenoxy) is 1. The largest absolute Gasteiger partial charge is 0.490 e. The van der Waals surface area contributed by atoms with Crippen LogP contribution in [0, 0.1) is 10.1 Å². The van der Waals surface area contributed by atoms with Crippen LogP contribution in [0.15, 0.2) is 42.5 Å². The molecule has 0 unspecified atom stereocenters. The van der Waals surface area contributed by atoms with Crippen molar-refractivity contribution in [1.29, 1.82) is 0 Å². The van der Waals surface area contributed by atoms with Crippen LogP contribution in [0.5, 0.6) is 5.75 Å². The Morgan fingerprint density at radius 1 is 1.09 bits per heavy atom. The number of benzene rings is 2. The summed E-state index contributed by atoms with van der Waals surface area (Å²) in [6, 6.07) is 7.95. The molecular formula is C20H21F3IN3O6. The molecule has 9 nitrogen and oxygen atoms in total. The van der Waals surface area contributed by atoms with Gasteiger partial charge in [-0.15, -0.1) is 0 Å². The number of hydrogen-bond acceptors (Lipinski definition) is 6. The van der Waals surface area contributed by atoms with E-state index in [9.17, 15) is 38.0 Å². The van der Waals surface area contributed by atoms with Gasteiger partial charge in [0.25, 0.3) is 11.6 Å². The topological polar surface area (TPSA) is 131 Å². The minimum atomic E-state index is -5.02. The van der Waals surface area contributed by atoms with E-state index in [1.165, 1.54) is 31.2 Å². The number of rotatable bonds is 7. The second-order valence-electron chi connectivity index (χ2n) is 6.71. The molecule has 1 atom stereocenters. The van der Waals surface area contributed by atoms with Crippen molar-refractivity contribution in [3.8, 4) is 5.75 Å². The number of nitro benzene ring substituents is 1. The third kappa shape index (κ3) is 8.49. The molecular weight excluding hydrogens is 558 g/mol. The number of nitro groups is 1. The van der Waals surface area contributed by atoms with Crippen molar-refractivity contribution < 1.29 is 37.5 Å². The standard InChI is InChI=1S/C19H18F3N3O6.CH3I/c1-11(26)23-12-3-6-14(7-4-12)31-10-18(2,28)17(27)24-13-5-8-16(25(29)30)15(9-13)19(20,21)22;1-2/h3-9,28H,10H2,1-2H3,(H,23,26)(H,24,27);1H3/t18-;/m0./s1/i;2-4. The summed E-state index contributed by atoms with van der Waals surface area (Å²) in [6.07, 6.45) is -5.02. The SMILES string of the molecule is CC(=O)Nc1ccc(OC[C@](C)(O)C(=O)Nc2ccc([N+](=O)[O-])c(C(F)(F)F)c2)cc1.C[123I]. The van der Waals surface area contributed by atoms with Crippen molar-refractivity contribution >= 4 is 51.5 Å². The summed E-state index contributed by atoms with van der Waals surface area (Å²) >= 11 is 2.15. The maximum Gasteiger partial charge on any atom is 0.423 e. The fourth-order valence-electron chi connectivity index (χ4n) is 2.39. The Hall–Kier alpha value is -2.94. The average molecular weight is 579 g/mol. The summed E-state index contributed by atoms with van der Waals surface area (Å²) in [5, 5.41) is 25.8. The molecule has 0 aliphatic carbocycles. The molecule has 2 rings (SSSR count). The molecule has 0 aromatic heterocycles. The Labute approximate surface area is 200 Å². The van der Waals surface area contributed by atoms with Gasteiger partial charge in [0, 0.05) is 24.4 Å². The van der Waals surface area contributed by atoms with Crippen molar-refractivity contribution in [2.24, 2.45) is 0 Å². The fourth-order valence-corrected chi connectivity index (χ4v) is 2.39. The van der Waals surface area contributed by atoms with Crippen molar-refractivity contribution in [2.45, 2.75) is 25.6 Å². The summed E-state index contributed by atoms with van der Waals surface area (Å²) in [5.74, 6) is -1.09. The summed E-state index contributed by atoms with van der Waals surface area (Å²) in [6.45, 7) is 1.88. The van der Waals surface area contributed by atoms with Crippen LogP contribution in [-0.4, -0.2) is 39.0 Å². The third-order valence-electron chi connectivity index (χ3n) is 3.94. The Balaban J connectivity index is 0.00000265. The first kappa shape index (κ1) is 28.1. The Bertz CT molecular complexity index is 998. The Kier molecular flexibility index (Phi) is 10.0. The molecule has 13 heteroatoms. The second-order valence-corrected chi connectivity index (χ2v) is 6.71. The van der Waals surface area contributed by atoms with Crippen molar-refractivity contribution in [3.05, 3.63) is 58.1 Å². The van der Waals surface area contributed by atoms with E-state index >= 15 is 0 Å². The van der Waals surface area contributed by atoms with Gasteiger partial charge in [-0.25, -0.2) is 0 Å². The van der Waals surface area contributed by atoms with E-state index in [4.69, 9.17) is 4.74 Å². The highest BCUT2D eigenvalue weighted by Crippen LogP contribution is 2.37. The van der Waals surface area contributed by atoms with Crippen LogP contribution in [0.1, 0.15) is 19.4 Å². The number of halogens is 4.